The van der Waals surface area contributed by atoms with Gasteiger partial charge in [0.25, 0.3) is 0 Å². The van der Waals surface area contributed by atoms with Crippen molar-refractivity contribution in [2.24, 2.45) is 5.10 Å². The number of anilines is 1. The highest BCUT2D eigenvalue weighted by atomic mass is 35.5. The Morgan fingerprint density at radius 2 is 1.91 bits per heavy atom. The molecule has 35 heavy (non-hydrogen) atoms. The SMILES string of the molecule is COc1ccc(NC(=S)NN=C2CC(C)(C)Oc3ccc(OCc4ccc(F)cc4)cc32)cc1Cl. The second-order valence-corrected chi connectivity index (χ2v) is 9.40. The Bertz CT molecular complexity index is 1270. The summed E-state index contributed by atoms with van der Waals surface area (Å²) in [5.74, 6) is 1.65. The molecule has 3 aromatic carbocycles. The van der Waals surface area contributed by atoms with Gasteiger partial charge in [-0.1, -0.05) is 23.7 Å². The van der Waals surface area contributed by atoms with Crippen LogP contribution in [0.3, 0.4) is 0 Å². The predicted molar refractivity (Wildman–Crippen MR) is 140 cm³/mol. The Morgan fingerprint density at radius 1 is 1.14 bits per heavy atom. The molecule has 0 saturated carbocycles. The van der Waals surface area contributed by atoms with E-state index in [-0.39, 0.29) is 5.82 Å². The number of methoxy groups -OCH3 is 1. The number of hydrogen-bond donors (Lipinski definition) is 2. The average Bonchev–Trinajstić information content (AvgIpc) is 2.82. The minimum Gasteiger partial charge on any atom is -0.495 e. The topological polar surface area (TPSA) is 64.1 Å². The molecule has 0 radical (unpaired) electrons. The second-order valence-electron chi connectivity index (χ2n) is 8.59. The lowest BCUT2D eigenvalue weighted by molar-refractivity contribution is 0.111. The lowest BCUT2D eigenvalue weighted by Gasteiger charge is -2.33. The van der Waals surface area contributed by atoms with Crippen LogP contribution in [-0.4, -0.2) is 23.5 Å². The zero-order valence-electron chi connectivity index (χ0n) is 19.5. The first-order chi connectivity index (χ1) is 16.7. The van der Waals surface area contributed by atoms with Crippen molar-refractivity contribution in [3.05, 3.63) is 82.6 Å². The molecule has 1 heterocycles. The lowest BCUT2D eigenvalue weighted by atomic mass is 9.92. The second kappa shape index (κ2) is 10.5. The van der Waals surface area contributed by atoms with Crippen LogP contribution < -0.4 is 25.0 Å². The first-order valence-corrected chi connectivity index (χ1v) is 11.7. The van der Waals surface area contributed by atoms with Gasteiger partial charge in [0.1, 0.15) is 35.3 Å². The van der Waals surface area contributed by atoms with Crippen LogP contribution in [-0.2, 0) is 6.61 Å². The van der Waals surface area contributed by atoms with Crippen LogP contribution >= 0.6 is 23.8 Å². The molecule has 4 rings (SSSR count). The molecule has 182 valence electrons. The smallest absolute Gasteiger partial charge is 0.191 e. The maximum absolute atomic E-state index is 13.1. The van der Waals surface area contributed by atoms with Crippen LogP contribution in [0.5, 0.6) is 17.2 Å². The van der Waals surface area contributed by atoms with Crippen LogP contribution in [0.15, 0.2) is 65.8 Å². The first kappa shape index (κ1) is 24.8. The standard InChI is InChI=1S/C26H25ClFN3O3S/c1-26(2)14-22(30-31-25(35)29-18-8-10-24(32-3)21(27)12-18)20-13-19(9-11-23(20)34-26)33-15-16-4-6-17(28)7-5-16/h4-13H,14-15H2,1-3H3,(H2,29,31,35). The van der Waals surface area contributed by atoms with Gasteiger partial charge in [-0.15, -0.1) is 0 Å². The number of benzene rings is 3. The molecule has 0 bridgehead atoms. The van der Waals surface area contributed by atoms with Gasteiger partial charge < -0.3 is 19.5 Å². The highest BCUT2D eigenvalue weighted by Crippen LogP contribution is 2.36. The number of fused-ring (bicyclic) bond motifs is 1. The van der Waals surface area contributed by atoms with Gasteiger partial charge in [0.2, 0.25) is 0 Å². The van der Waals surface area contributed by atoms with Crippen molar-refractivity contribution in [1.82, 2.24) is 5.43 Å². The zero-order chi connectivity index (χ0) is 25.0. The molecule has 0 aliphatic carbocycles. The van der Waals surface area contributed by atoms with Crippen molar-refractivity contribution < 1.29 is 18.6 Å². The highest BCUT2D eigenvalue weighted by Gasteiger charge is 2.31. The molecule has 1 aliphatic rings. The maximum Gasteiger partial charge on any atom is 0.191 e. The number of ether oxygens (including phenoxy) is 3. The van der Waals surface area contributed by atoms with E-state index in [0.717, 1.165) is 16.8 Å². The summed E-state index contributed by atoms with van der Waals surface area (Å²) in [6, 6.07) is 17.1. The summed E-state index contributed by atoms with van der Waals surface area (Å²) in [6.45, 7) is 4.31. The Labute approximate surface area is 214 Å². The first-order valence-electron chi connectivity index (χ1n) is 10.9. The highest BCUT2D eigenvalue weighted by molar-refractivity contribution is 7.80. The Hall–Kier alpha value is -3.36. The third kappa shape index (κ3) is 6.41. The Balaban J connectivity index is 1.49. The molecule has 0 amide bonds. The number of nitrogens with one attached hydrogen (secondary N) is 2. The van der Waals surface area contributed by atoms with E-state index in [1.165, 1.54) is 12.1 Å². The molecule has 0 saturated heterocycles. The van der Waals surface area contributed by atoms with E-state index in [2.05, 4.69) is 15.8 Å². The van der Waals surface area contributed by atoms with Gasteiger partial charge in [0.15, 0.2) is 5.11 Å². The molecule has 0 atom stereocenters. The van der Waals surface area contributed by atoms with Crippen LogP contribution in [0.2, 0.25) is 5.02 Å². The summed E-state index contributed by atoms with van der Waals surface area (Å²) >= 11 is 11.6. The van der Waals surface area contributed by atoms with E-state index in [1.807, 2.05) is 38.1 Å². The fourth-order valence-electron chi connectivity index (χ4n) is 3.61. The van der Waals surface area contributed by atoms with Crippen molar-refractivity contribution in [1.29, 1.82) is 0 Å². The number of rotatable bonds is 6. The van der Waals surface area contributed by atoms with Gasteiger partial charge in [-0.05, 0) is 80.2 Å². The molecule has 2 N–H and O–H groups in total. The summed E-state index contributed by atoms with van der Waals surface area (Å²) in [7, 11) is 1.56. The van der Waals surface area contributed by atoms with Gasteiger partial charge in [-0.25, -0.2) is 4.39 Å². The maximum atomic E-state index is 13.1. The van der Waals surface area contributed by atoms with Gasteiger partial charge in [0.05, 0.1) is 17.8 Å². The molecule has 0 spiro atoms. The molecule has 3 aromatic rings. The predicted octanol–water partition coefficient (Wildman–Crippen LogP) is 6.32. The van der Waals surface area contributed by atoms with Crippen molar-refractivity contribution in [2.75, 3.05) is 12.4 Å². The van der Waals surface area contributed by atoms with Crippen molar-refractivity contribution >= 4 is 40.3 Å². The van der Waals surface area contributed by atoms with E-state index < -0.39 is 5.60 Å². The van der Waals surface area contributed by atoms with E-state index in [9.17, 15) is 4.39 Å². The Morgan fingerprint density at radius 3 is 2.63 bits per heavy atom. The molecule has 6 nitrogen and oxygen atoms in total. The van der Waals surface area contributed by atoms with Crippen LogP contribution in [0.4, 0.5) is 10.1 Å². The minimum absolute atomic E-state index is 0.279. The minimum atomic E-state index is -0.442. The van der Waals surface area contributed by atoms with Gasteiger partial charge in [-0.2, -0.15) is 5.10 Å². The third-order valence-corrected chi connectivity index (χ3v) is 5.75. The summed E-state index contributed by atoms with van der Waals surface area (Å²) in [4.78, 5) is 0. The number of halogens is 2. The van der Waals surface area contributed by atoms with Gasteiger partial charge in [-0.3, -0.25) is 5.43 Å². The zero-order valence-corrected chi connectivity index (χ0v) is 21.1. The molecule has 0 unspecified atom stereocenters. The monoisotopic (exact) mass is 513 g/mol. The number of hydrogen-bond acceptors (Lipinski definition) is 5. The summed E-state index contributed by atoms with van der Waals surface area (Å²) in [5, 5.41) is 8.42. The Kier molecular flexibility index (Phi) is 7.42. The summed E-state index contributed by atoms with van der Waals surface area (Å²) in [5.41, 5.74) is 5.63. The fourth-order valence-corrected chi connectivity index (χ4v) is 4.04. The van der Waals surface area contributed by atoms with E-state index >= 15 is 0 Å². The number of thiocarbonyl (C=S) groups is 1. The largest absolute Gasteiger partial charge is 0.495 e. The van der Waals surface area contributed by atoms with E-state index in [4.69, 9.17) is 38.0 Å². The molecule has 0 fully saturated rings. The van der Waals surface area contributed by atoms with Crippen molar-refractivity contribution in [2.45, 2.75) is 32.5 Å². The number of hydrazone groups is 1. The molecule has 9 heteroatoms. The van der Waals surface area contributed by atoms with E-state index in [1.54, 1.807) is 31.4 Å². The quantitative estimate of drug-likeness (QED) is 0.297. The summed E-state index contributed by atoms with van der Waals surface area (Å²) < 4.78 is 30.4. The lowest BCUT2D eigenvalue weighted by Crippen LogP contribution is -2.37. The van der Waals surface area contributed by atoms with Crippen molar-refractivity contribution in [3.8, 4) is 17.2 Å². The normalized spacial score (nSPS) is 15.1. The van der Waals surface area contributed by atoms with Crippen molar-refractivity contribution in [3.63, 3.8) is 0 Å². The molecule has 1 aliphatic heterocycles. The van der Waals surface area contributed by atoms with Gasteiger partial charge in [0, 0.05) is 17.7 Å². The third-order valence-electron chi connectivity index (χ3n) is 5.26. The average molecular weight is 514 g/mol. The van der Waals surface area contributed by atoms with Crippen LogP contribution in [0, 0.1) is 5.82 Å². The van der Waals surface area contributed by atoms with E-state index in [0.29, 0.717) is 46.1 Å². The molecular formula is C26H25ClFN3O3S. The fraction of sp³-hybridized carbons (Fsp3) is 0.231. The number of nitrogens with zero attached hydrogens (tertiary/aromatic N) is 1. The van der Waals surface area contributed by atoms with Crippen LogP contribution in [0.1, 0.15) is 31.4 Å². The molecular weight excluding hydrogens is 489 g/mol. The van der Waals surface area contributed by atoms with Crippen LogP contribution in [0.25, 0.3) is 0 Å². The van der Waals surface area contributed by atoms with Gasteiger partial charge >= 0.3 is 0 Å². The summed E-state index contributed by atoms with van der Waals surface area (Å²) in [6.07, 6.45) is 0.561. The molecule has 0 aromatic heterocycles.